The van der Waals surface area contributed by atoms with Crippen LogP contribution in [0.25, 0.3) is 11.2 Å². The summed E-state index contributed by atoms with van der Waals surface area (Å²) < 4.78 is 60.4. The summed E-state index contributed by atoms with van der Waals surface area (Å²) in [6, 6.07) is -0.00780. The van der Waals surface area contributed by atoms with Crippen LogP contribution >= 0.6 is 0 Å². The Kier molecular flexibility index (Phi) is 4.43. The highest BCUT2D eigenvalue weighted by molar-refractivity contribution is 5.83. The Morgan fingerprint density at radius 2 is 2.04 bits per heavy atom. The lowest BCUT2D eigenvalue weighted by molar-refractivity contribution is -0.144. The van der Waals surface area contributed by atoms with E-state index in [0.717, 1.165) is 30.2 Å². The molecule has 2 fully saturated rings. The van der Waals surface area contributed by atoms with Crippen LogP contribution in [-0.4, -0.2) is 60.8 Å². The van der Waals surface area contributed by atoms with Crippen molar-refractivity contribution in [2.45, 2.75) is 56.1 Å². The zero-order chi connectivity index (χ0) is 19.3. The van der Waals surface area contributed by atoms with Crippen molar-refractivity contribution in [3.63, 3.8) is 0 Å². The molecule has 27 heavy (non-hydrogen) atoms. The Hall–Kier alpha value is -2.05. The van der Waals surface area contributed by atoms with Gasteiger partial charge in [-0.1, -0.05) is 0 Å². The molecule has 0 amide bonds. The van der Waals surface area contributed by atoms with Crippen molar-refractivity contribution < 1.29 is 32.5 Å². The minimum Gasteiger partial charge on any atom is -0.394 e. The van der Waals surface area contributed by atoms with Crippen molar-refractivity contribution in [2.75, 3.05) is 11.9 Å². The normalized spacial score (nSPS) is 29.3. The number of aromatic nitrogens is 4. The number of imidazole rings is 1. The van der Waals surface area contributed by atoms with Gasteiger partial charge in [0, 0.05) is 6.04 Å². The van der Waals surface area contributed by atoms with Crippen molar-refractivity contribution in [2.24, 2.45) is 0 Å². The van der Waals surface area contributed by atoms with Gasteiger partial charge in [0.25, 0.3) is 0 Å². The molecule has 12 heteroatoms. The monoisotopic (exact) mass is 391 g/mol. The molecule has 2 aromatic rings. The molecule has 1 aliphatic carbocycles. The predicted octanol–water partition coefficient (Wildman–Crippen LogP) is 1.40. The van der Waals surface area contributed by atoms with Crippen LogP contribution in [0.5, 0.6) is 0 Å². The van der Waals surface area contributed by atoms with Crippen LogP contribution in [0.1, 0.15) is 31.3 Å². The first-order chi connectivity index (χ1) is 12.8. The Labute approximate surface area is 150 Å². The Morgan fingerprint density at radius 3 is 2.59 bits per heavy atom. The minimum absolute atomic E-state index is 0.00780. The molecule has 8 nitrogen and oxygen atoms in total. The van der Waals surface area contributed by atoms with E-state index < -0.39 is 43.2 Å². The van der Waals surface area contributed by atoms with Gasteiger partial charge in [-0.15, -0.1) is 0 Å². The number of rotatable bonds is 4. The number of nitrogens with zero attached hydrogens (tertiary/aromatic N) is 4. The van der Waals surface area contributed by atoms with E-state index in [0.29, 0.717) is 0 Å². The molecule has 1 saturated heterocycles. The largest absolute Gasteiger partial charge is 0.451 e. The standard InChI is InChI=1S/C15H17F4N5O3/c16-8-10(26)7(4-25)27-13(8)24-5-20-9-11(21-6-2-1-3-6)22-14(15(17,18)19)23-12(9)24/h5-8,10,13,25-26H,1-4H2,(H,21,22,23)/t7-,8+,10-,13-/m1/s1. The maximum atomic E-state index is 14.4. The van der Waals surface area contributed by atoms with Crippen molar-refractivity contribution in [3.8, 4) is 0 Å². The van der Waals surface area contributed by atoms with E-state index in [-0.39, 0.29) is 23.0 Å². The molecular formula is C15H17F4N5O3. The molecule has 3 heterocycles. The van der Waals surface area contributed by atoms with Crippen molar-refractivity contribution in [1.29, 1.82) is 0 Å². The molecule has 1 saturated carbocycles. The van der Waals surface area contributed by atoms with E-state index in [1.165, 1.54) is 0 Å². The lowest BCUT2D eigenvalue weighted by Gasteiger charge is -2.27. The Balaban J connectivity index is 1.79. The number of alkyl halides is 4. The number of hydrogen-bond donors (Lipinski definition) is 3. The number of fused-ring (bicyclic) bond motifs is 1. The van der Waals surface area contributed by atoms with Gasteiger partial charge in [0.15, 0.2) is 29.4 Å². The highest BCUT2D eigenvalue weighted by atomic mass is 19.4. The summed E-state index contributed by atoms with van der Waals surface area (Å²) in [5.74, 6) is -1.46. The molecule has 1 aliphatic heterocycles. The number of halogens is 4. The van der Waals surface area contributed by atoms with Crippen LogP contribution < -0.4 is 5.32 Å². The molecule has 0 bridgehead atoms. The van der Waals surface area contributed by atoms with Gasteiger partial charge in [0.05, 0.1) is 12.9 Å². The average molecular weight is 391 g/mol. The van der Waals surface area contributed by atoms with Gasteiger partial charge in [0.1, 0.15) is 12.2 Å². The van der Waals surface area contributed by atoms with Crippen LogP contribution in [0.3, 0.4) is 0 Å². The number of ether oxygens (including phenoxy) is 1. The first-order valence-electron chi connectivity index (χ1n) is 8.46. The highest BCUT2D eigenvalue weighted by Gasteiger charge is 2.46. The number of aliphatic hydroxyl groups is 2. The molecule has 0 radical (unpaired) electrons. The average Bonchev–Trinajstić information content (AvgIpc) is 3.12. The molecule has 3 N–H and O–H groups in total. The lowest BCUT2D eigenvalue weighted by atomic mass is 9.93. The van der Waals surface area contributed by atoms with Gasteiger partial charge in [-0.2, -0.15) is 13.2 Å². The summed E-state index contributed by atoms with van der Waals surface area (Å²) in [4.78, 5) is 11.1. The topological polar surface area (TPSA) is 105 Å². The van der Waals surface area contributed by atoms with Gasteiger partial charge in [-0.05, 0) is 19.3 Å². The van der Waals surface area contributed by atoms with Crippen LogP contribution in [0.2, 0.25) is 0 Å². The molecule has 0 unspecified atom stereocenters. The number of nitrogens with one attached hydrogen (secondary N) is 1. The number of hydrogen-bond acceptors (Lipinski definition) is 7. The summed E-state index contributed by atoms with van der Waals surface area (Å²) in [6.45, 7) is -0.637. The molecule has 2 aliphatic rings. The maximum Gasteiger partial charge on any atom is 0.451 e. The van der Waals surface area contributed by atoms with Gasteiger partial charge >= 0.3 is 6.18 Å². The SMILES string of the molecule is OC[C@H]1O[C@@H](n2cnc3c(NC4CCC4)nc(C(F)(F)F)nc32)[C@@H](F)[C@@H]1O. The van der Waals surface area contributed by atoms with Crippen LogP contribution in [-0.2, 0) is 10.9 Å². The third kappa shape index (κ3) is 3.11. The van der Waals surface area contributed by atoms with Crippen LogP contribution in [0, 0.1) is 0 Å². The molecule has 4 rings (SSSR count). The van der Waals surface area contributed by atoms with Crippen LogP contribution in [0.4, 0.5) is 23.4 Å². The first kappa shape index (κ1) is 18.3. The van der Waals surface area contributed by atoms with Gasteiger partial charge < -0.3 is 20.3 Å². The van der Waals surface area contributed by atoms with E-state index in [4.69, 9.17) is 9.84 Å². The van der Waals surface area contributed by atoms with E-state index in [2.05, 4.69) is 20.3 Å². The molecule has 4 atom stereocenters. The second-order valence-corrected chi connectivity index (χ2v) is 6.67. The lowest BCUT2D eigenvalue weighted by Crippen LogP contribution is -2.30. The van der Waals surface area contributed by atoms with Crippen LogP contribution in [0.15, 0.2) is 6.33 Å². The molecule has 2 aromatic heterocycles. The predicted molar refractivity (Wildman–Crippen MR) is 83.5 cm³/mol. The maximum absolute atomic E-state index is 14.4. The van der Waals surface area contributed by atoms with Crippen molar-refractivity contribution >= 4 is 17.0 Å². The molecular weight excluding hydrogens is 374 g/mol. The second-order valence-electron chi connectivity index (χ2n) is 6.67. The fourth-order valence-corrected chi connectivity index (χ4v) is 3.15. The highest BCUT2D eigenvalue weighted by Crippen LogP contribution is 2.36. The number of aliphatic hydroxyl groups excluding tert-OH is 2. The first-order valence-corrected chi connectivity index (χ1v) is 8.46. The minimum atomic E-state index is -4.81. The van der Waals surface area contributed by atoms with Gasteiger partial charge in [-0.3, -0.25) is 4.57 Å². The molecule has 0 aromatic carbocycles. The second kappa shape index (κ2) is 6.53. The summed E-state index contributed by atoms with van der Waals surface area (Å²) in [7, 11) is 0. The van der Waals surface area contributed by atoms with Gasteiger partial charge in [0.2, 0.25) is 5.82 Å². The zero-order valence-electron chi connectivity index (χ0n) is 13.9. The van der Waals surface area contributed by atoms with E-state index in [1.54, 1.807) is 0 Å². The van der Waals surface area contributed by atoms with Gasteiger partial charge in [-0.25, -0.2) is 19.3 Å². The Bertz CT molecular complexity index is 841. The fraction of sp³-hybridized carbons (Fsp3) is 0.667. The summed E-state index contributed by atoms with van der Waals surface area (Å²) >= 11 is 0. The summed E-state index contributed by atoms with van der Waals surface area (Å²) in [6.07, 6.45) is -7.39. The molecule has 0 spiro atoms. The van der Waals surface area contributed by atoms with E-state index in [1.807, 2.05) is 0 Å². The Morgan fingerprint density at radius 1 is 1.30 bits per heavy atom. The quantitative estimate of drug-likeness (QED) is 0.677. The van der Waals surface area contributed by atoms with Crippen molar-refractivity contribution in [1.82, 2.24) is 19.5 Å². The number of anilines is 1. The smallest absolute Gasteiger partial charge is 0.394 e. The summed E-state index contributed by atoms with van der Waals surface area (Å²) in [5, 5.41) is 21.9. The molecule has 148 valence electrons. The fourth-order valence-electron chi connectivity index (χ4n) is 3.15. The zero-order valence-corrected chi connectivity index (χ0v) is 13.9. The van der Waals surface area contributed by atoms with E-state index >= 15 is 0 Å². The van der Waals surface area contributed by atoms with E-state index in [9.17, 15) is 22.7 Å². The van der Waals surface area contributed by atoms with Crippen molar-refractivity contribution in [3.05, 3.63) is 12.2 Å². The third-order valence-corrected chi connectivity index (χ3v) is 4.87. The summed E-state index contributed by atoms with van der Waals surface area (Å²) in [5.41, 5.74) is -0.217. The third-order valence-electron chi connectivity index (χ3n) is 4.87.